The van der Waals surface area contributed by atoms with Crippen LogP contribution in [0.2, 0.25) is 0 Å². The van der Waals surface area contributed by atoms with Gasteiger partial charge in [-0.15, -0.1) is 0 Å². The van der Waals surface area contributed by atoms with Crippen molar-refractivity contribution >= 4 is 11.6 Å². The third-order valence-corrected chi connectivity index (χ3v) is 8.67. The van der Waals surface area contributed by atoms with Crippen LogP contribution < -0.4 is 5.32 Å². The first-order chi connectivity index (χ1) is 13.6. The minimum Gasteiger partial charge on any atom is -0.382 e. The first-order valence-electron chi connectivity index (χ1n) is 11.5. The van der Waals surface area contributed by atoms with Gasteiger partial charge < -0.3 is 5.32 Å². The Morgan fingerprint density at radius 1 is 1.17 bits per heavy atom. The van der Waals surface area contributed by atoms with Crippen LogP contribution in [0.5, 0.6) is 0 Å². The summed E-state index contributed by atoms with van der Waals surface area (Å²) in [6.45, 7) is 14.4. The fourth-order valence-corrected chi connectivity index (χ4v) is 5.93. The van der Waals surface area contributed by atoms with Gasteiger partial charge in [0, 0.05) is 18.2 Å². The highest BCUT2D eigenvalue weighted by Gasteiger charge is 2.53. The van der Waals surface area contributed by atoms with Gasteiger partial charge in [0.25, 0.3) is 0 Å². The van der Waals surface area contributed by atoms with E-state index in [0.29, 0.717) is 35.4 Å². The van der Waals surface area contributed by atoms with E-state index in [0.717, 1.165) is 19.4 Å². The molecule has 0 heterocycles. The molecule has 0 aromatic carbocycles. The quantitative estimate of drug-likeness (QED) is 0.457. The van der Waals surface area contributed by atoms with E-state index < -0.39 is 0 Å². The van der Waals surface area contributed by atoms with Crippen LogP contribution in [0, 0.1) is 28.6 Å². The van der Waals surface area contributed by atoms with Gasteiger partial charge in [-0.2, -0.15) is 0 Å². The van der Waals surface area contributed by atoms with E-state index in [1.165, 1.54) is 24.8 Å². The molecule has 5 atom stereocenters. The van der Waals surface area contributed by atoms with Crippen molar-refractivity contribution in [3.63, 3.8) is 0 Å². The van der Waals surface area contributed by atoms with Crippen LogP contribution in [0.25, 0.3) is 0 Å². The highest BCUT2D eigenvalue weighted by molar-refractivity contribution is 6.19. The third kappa shape index (κ3) is 4.02. The van der Waals surface area contributed by atoms with E-state index in [9.17, 15) is 9.59 Å². The van der Waals surface area contributed by atoms with Crippen molar-refractivity contribution in [3.8, 4) is 0 Å². The maximum absolute atomic E-state index is 12.9. The predicted molar refractivity (Wildman–Crippen MR) is 119 cm³/mol. The molecule has 1 fully saturated rings. The lowest BCUT2D eigenvalue weighted by Gasteiger charge is -2.58. The first kappa shape index (κ1) is 22.1. The molecule has 0 spiro atoms. The minimum atomic E-state index is -0.0440. The van der Waals surface area contributed by atoms with Crippen molar-refractivity contribution in [2.24, 2.45) is 28.6 Å². The van der Waals surface area contributed by atoms with Crippen molar-refractivity contribution in [1.29, 1.82) is 0 Å². The lowest BCUT2D eigenvalue weighted by atomic mass is 9.46. The summed E-state index contributed by atoms with van der Waals surface area (Å²) in [6.07, 6.45) is 12.1. The predicted octanol–water partition coefficient (Wildman–Crippen LogP) is 5.77. The molecule has 1 N–H and O–H groups in total. The number of nitrogens with one attached hydrogen (secondary N) is 1. The topological polar surface area (TPSA) is 46.2 Å². The molecule has 3 rings (SSSR count). The Morgan fingerprint density at radius 3 is 2.59 bits per heavy atom. The first-order valence-corrected chi connectivity index (χ1v) is 11.5. The molecule has 29 heavy (non-hydrogen) atoms. The molecule has 3 heteroatoms. The lowest BCUT2D eigenvalue weighted by molar-refractivity contribution is -0.116. The van der Waals surface area contributed by atoms with Crippen molar-refractivity contribution in [1.82, 2.24) is 5.32 Å². The monoisotopic (exact) mass is 397 g/mol. The zero-order valence-corrected chi connectivity index (χ0v) is 19.2. The molecule has 0 aromatic heterocycles. The molecular weight excluding hydrogens is 358 g/mol. The molecule has 0 radical (unpaired) electrons. The Hall–Kier alpha value is -1.64. The Labute approximate surface area is 177 Å². The second-order valence-corrected chi connectivity index (χ2v) is 10.4. The van der Waals surface area contributed by atoms with Crippen LogP contribution >= 0.6 is 0 Å². The lowest BCUT2D eigenvalue weighted by Crippen LogP contribution is -2.50. The summed E-state index contributed by atoms with van der Waals surface area (Å²) >= 11 is 0. The summed E-state index contributed by atoms with van der Waals surface area (Å²) in [4.78, 5) is 25.7. The summed E-state index contributed by atoms with van der Waals surface area (Å²) in [5.41, 5.74) is 2.95. The van der Waals surface area contributed by atoms with E-state index in [2.05, 4.69) is 52.9 Å². The number of hydrogen-bond acceptors (Lipinski definition) is 3. The molecule has 1 saturated carbocycles. The molecule has 160 valence electrons. The maximum atomic E-state index is 12.9. The van der Waals surface area contributed by atoms with Gasteiger partial charge in [0.15, 0.2) is 5.78 Å². The molecule has 3 aliphatic carbocycles. The Balaban J connectivity index is 1.81. The van der Waals surface area contributed by atoms with Gasteiger partial charge in [-0.3, -0.25) is 9.59 Å². The zero-order valence-electron chi connectivity index (χ0n) is 19.2. The van der Waals surface area contributed by atoms with Gasteiger partial charge in [0.05, 0.1) is 5.70 Å². The molecule has 0 aromatic rings. The highest BCUT2D eigenvalue weighted by atomic mass is 16.1. The molecule has 0 bridgehead atoms. The van der Waals surface area contributed by atoms with Crippen LogP contribution in [-0.4, -0.2) is 18.1 Å². The Bertz CT molecular complexity index is 774. The van der Waals surface area contributed by atoms with Crippen LogP contribution in [0.4, 0.5) is 0 Å². The summed E-state index contributed by atoms with van der Waals surface area (Å²) in [6, 6.07) is 0. The summed E-state index contributed by atoms with van der Waals surface area (Å²) in [5, 5.41) is 3.19. The van der Waals surface area contributed by atoms with E-state index in [1.807, 2.05) is 0 Å². The molecule has 0 aliphatic heterocycles. The Kier molecular flexibility index (Phi) is 6.27. The standard InChI is InChI=1S/C26H39NO2/c1-7-17(2)16-27-21-14-22(28)20(13-23(21)29)15-26(6)19(4)11-12-25(5)18(3)9-8-10-24(25)26/h9,13-14,17,19,24,27H,7-8,10-12,15-16H2,1-6H3. The van der Waals surface area contributed by atoms with E-state index in [1.54, 1.807) is 12.2 Å². The van der Waals surface area contributed by atoms with Crippen LogP contribution in [0.1, 0.15) is 80.1 Å². The summed E-state index contributed by atoms with van der Waals surface area (Å²) in [7, 11) is 0. The van der Waals surface area contributed by atoms with Crippen molar-refractivity contribution in [2.75, 3.05) is 6.54 Å². The molecule has 3 nitrogen and oxygen atoms in total. The zero-order chi connectivity index (χ0) is 21.4. The molecule has 3 aliphatic rings. The van der Waals surface area contributed by atoms with Crippen LogP contribution in [-0.2, 0) is 9.59 Å². The van der Waals surface area contributed by atoms with E-state index in [-0.39, 0.29) is 22.4 Å². The van der Waals surface area contributed by atoms with Crippen molar-refractivity contribution < 1.29 is 9.59 Å². The van der Waals surface area contributed by atoms with Crippen LogP contribution in [0.15, 0.2) is 35.1 Å². The number of fused-ring (bicyclic) bond motifs is 1. The minimum absolute atomic E-state index is 0.0139. The highest BCUT2D eigenvalue weighted by Crippen LogP contribution is 2.62. The number of hydrogen-bond donors (Lipinski definition) is 1. The number of ketones is 2. The van der Waals surface area contributed by atoms with Gasteiger partial charge in [0.2, 0.25) is 5.78 Å². The SMILES string of the molecule is CCC(C)CNC1=CC(=O)C(CC2(C)C(C)CCC3(C)C(C)=CCCC32)=CC1=O. The van der Waals surface area contributed by atoms with Gasteiger partial charge in [-0.25, -0.2) is 0 Å². The molecular formula is C26H39NO2. The average molecular weight is 398 g/mol. The second-order valence-electron chi connectivity index (χ2n) is 10.4. The fraction of sp³-hybridized carbons (Fsp3) is 0.692. The largest absolute Gasteiger partial charge is 0.382 e. The summed E-state index contributed by atoms with van der Waals surface area (Å²) < 4.78 is 0. The smallest absolute Gasteiger partial charge is 0.202 e. The van der Waals surface area contributed by atoms with E-state index in [4.69, 9.17) is 0 Å². The molecule has 0 amide bonds. The maximum Gasteiger partial charge on any atom is 0.202 e. The number of rotatable bonds is 6. The second kappa shape index (κ2) is 8.24. The van der Waals surface area contributed by atoms with Gasteiger partial charge in [-0.1, -0.05) is 52.7 Å². The van der Waals surface area contributed by atoms with Crippen molar-refractivity contribution in [2.45, 2.75) is 80.1 Å². The number of allylic oxidation sites excluding steroid dienone is 5. The van der Waals surface area contributed by atoms with Gasteiger partial charge >= 0.3 is 0 Å². The average Bonchev–Trinajstić information content (AvgIpc) is 2.68. The molecule has 5 unspecified atom stereocenters. The number of carbonyl (C=O) groups is 2. The summed E-state index contributed by atoms with van der Waals surface area (Å²) in [5.74, 6) is 1.55. The van der Waals surface area contributed by atoms with Crippen LogP contribution in [0.3, 0.4) is 0 Å². The van der Waals surface area contributed by atoms with Crippen molar-refractivity contribution in [3.05, 3.63) is 35.1 Å². The van der Waals surface area contributed by atoms with E-state index >= 15 is 0 Å². The Morgan fingerprint density at radius 2 is 1.90 bits per heavy atom. The van der Waals surface area contributed by atoms with Gasteiger partial charge in [-0.05, 0) is 73.7 Å². The fourth-order valence-electron chi connectivity index (χ4n) is 5.93. The molecule has 0 saturated heterocycles. The van der Waals surface area contributed by atoms with Gasteiger partial charge in [0.1, 0.15) is 0 Å². The third-order valence-electron chi connectivity index (χ3n) is 8.67. The number of carbonyl (C=O) groups excluding carboxylic acids is 2. The normalized spacial score (nSPS) is 36.0.